The molecule has 1 aliphatic rings. The SMILES string of the molecule is COc1ccccc1C1C(C(=O)Nc2ccccc2)=C(C)Nc2nc(-c3cccc(O)c3)nn21. The molecule has 3 aromatic carbocycles. The van der Waals surface area contributed by atoms with E-state index in [1.54, 1.807) is 30.0 Å². The van der Waals surface area contributed by atoms with Crippen molar-refractivity contribution in [1.29, 1.82) is 0 Å². The number of benzene rings is 3. The number of carbonyl (C=O) groups is 1. The molecule has 1 aromatic heterocycles. The van der Waals surface area contributed by atoms with E-state index in [-0.39, 0.29) is 11.7 Å². The van der Waals surface area contributed by atoms with Crippen LogP contribution in [0.4, 0.5) is 11.6 Å². The average Bonchev–Trinajstić information content (AvgIpc) is 3.27. The monoisotopic (exact) mass is 453 g/mol. The Balaban J connectivity index is 1.64. The Morgan fingerprint density at radius 2 is 1.82 bits per heavy atom. The van der Waals surface area contributed by atoms with Crippen LogP contribution in [-0.4, -0.2) is 32.9 Å². The molecule has 0 fully saturated rings. The third kappa shape index (κ3) is 3.86. The van der Waals surface area contributed by atoms with Gasteiger partial charge < -0.3 is 20.5 Å². The van der Waals surface area contributed by atoms with Gasteiger partial charge in [-0.3, -0.25) is 4.79 Å². The van der Waals surface area contributed by atoms with Crippen LogP contribution in [0.3, 0.4) is 0 Å². The van der Waals surface area contributed by atoms with Gasteiger partial charge in [-0.05, 0) is 37.3 Å². The first-order valence-electron chi connectivity index (χ1n) is 10.8. The standard InChI is InChI=1S/C26H23N5O3/c1-16-22(25(33)28-18-10-4-3-5-11-18)23(20-13-6-7-14-21(20)34-2)31-26(27-16)29-24(30-31)17-9-8-12-19(32)15-17/h3-15,23,32H,1-2H3,(H,28,33)(H,27,29,30). The van der Waals surface area contributed by atoms with Crippen LogP contribution in [-0.2, 0) is 4.79 Å². The van der Waals surface area contributed by atoms with Crippen molar-refractivity contribution in [1.82, 2.24) is 14.8 Å². The third-order valence-corrected chi connectivity index (χ3v) is 5.67. The van der Waals surface area contributed by atoms with Crippen molar-refractivity contribution in [2.24, 2.45) is 0 Å². The molecule has 1 aliphatic heterocycles. The highest BCUT2D eigenvalue weighted by Gasteiger charge is 2.36. The molecular weight excluding hydrogens is 430 g/mol. The quantitative estimate of drug-likeness (QED) is 0.409. The summed E-state index contributed by atoms with van der Waals surface area (Å²) in [5.41, 5.74) is 3.28. The Kier molecular flexibility index (Phi) is 5.47. The third-order valence-electron chi connectivity index (χ3n) is 5.67. The van der Waals surface area contributed by atoms with Gasteiger partial charge in [-0.15, -0.1) is 5.10 Å². The lowest BCUT2D eigenvalue weighted by Gasteiger charge is -2.29. The molecule has 170 valence electrons. The summed E-state index contributed by atoms with van der Waals surface area (Å²) in [5, 5.41) is 20.9. The summed E-state index contributed by atoms with van der Waals surface area (Å²) in [6.45, 7) is 1.84. The number of fused-ring (bicyclic) bond motifs is 1. The van der Waals surface area contributed by atoms with Crippen LogP contribution in [0.25, 0.3) is 11.4 Å². The maximum atomic E-state index is 13.5. The first kappa shape index (κ1) is 21.3. The normalized spacial score (nSPS) is 14.8. The number of ether oxygens (including phenoxy) is 1. The number of para-hydroxylation sites is 2. The van der Waals surface area contributed by atoms with Gasteiger partial charge in [0.05, 0.1) is 12.7 Å². The number of hydrogen-bond acceptors (Lipinski definition) is 6. The van der Waals surface area contributed by atoms with E-state index in [0.717, 1.165) is 5.56 Å². The van der Waals surface area contributed by atoms with Crippen LogP contribution in [0, 0.1) is 0 Å². The second kappa shape index (κ2) is 8.74. The van der Waals surface area contributed by atoms with Crippen LogP contribution < -0.4 is 15.4 Å². The fourth-order valence-corrected chi connectivity index (χ4v) is 4.11. The van der Waals surface area contributed by atoms with Crippen molar-refractivity contribution in [3.05, 3.63) is 95.7 Å². The van der Waals surface area contributed by atoms with Gasteiger partial charge in [0.25, 0.3) is 5.91 Å². The molecule has 2 heterocycles. The van der Waals surface area contributed by atoms with Gasteiger partial charge in [-0.25, -0.2) is 4.68 Å². The van der Waals surface area contributed by atoms with E-state index in [9.17, 15) is 9.90 Å². The van der Waals surface area contributed by atoms with E-state index in [4.69, 9.17) is 9.84 Å². The minimum Gasteiger partial charge on any atom is -0.508 e. The number of carbonyl (C=O) groups excluding carboxylic acids is 1. The number of hydrogen-bond donors (Lipinski definition) is 3. The van der Waals surface area contributed by atoms with E-state index in [1.807, 2.05) is 67.6 Å². The highest BCUT2D eigenvalue weighted by molar-refractivity contribution is 6.06. The zero-order valence-electron chi connectivity index (χ0n) is 18.7. The van der Waals surface area contributed by atoms with E-state index >= 15 is 0 Å². The lowest BCUT2D eigenvalue weighted by atomic mass is 9.94. The van der Waals surface area contributed by atoms with E-state index < -0.39 is 6.04 Å². The van der Waals surface area contributed by atoms with Crippen LogP contribution in [0.1, 0.15) is 18.5 Å². The Morgan fingerprint density at radius 1 is 1.06 bits per heavy atom. The topological polar surface area (TPSA) is 101 Å². The molecule has 1 amide bonds. The second-order valence-electron chi connectivity index (χ2n) is 7.88. The van der Waals surface area contributed by atoms with Gasteiger partial charge in [-0.2, -0.15) is 4.98 Å². The van der Waals surface area contributed by atoms with Crippen LogP contribution >= 0.6 is 0 Å². The van der Waals surface area contributed by atoms with Crippen LogP contribution in [0.5, 0.6) is 11.5 Å². The molecular formula is C26H23N5O3. The molecule has 0 radical (unpaired) electrons. The number of aromatic nitrogens is 3. The Bertz CT molecular complexity index is 1390. The predicted molar refractivity (Wildman–Crippen MR) is 130 cm³/mol. The highest BCUT2D eigenvalue weighted by atomic mass is 16.5. The van der Waals surface area contributed by atoms with Crippen molar-refractivity contribution in [3.8, 4) is 22.9 Å². The Morgan fingerprint density at radius 3 is 2.59 bits per heavy atom. The van der Waals surface area contributed by atoms with Crippen molar-refractivity contribution in [2.45, 2.75) is 13.0 Å². The number of allylic oxidation sites excluding steroid dienone is 1. The van der Waals surface area contributed by atoms with Crippen molar-refractivity contribution in [2.75, 3.05) is 17.7 Å². The molecule has 8 heteroatoms. The molecule has 1 atom stereocenters. The van der Waals surface area contributed by atoms with E-state index in [0.29, 0.717) is 40.0 Å². The number of phenols is 1. The molecule has 3 N–H and O–H groups in total. The molecule has 0 aliphatic carbocycles. The molecule has 0 saturated heterocycles. The van der Waals surface area contributed by atoms with Crippen molar-refractivity contribution in [3.63, 3.8) is 0 Å². The number of nitrogens with zero attached hydrogens (tertiary/aromatic N) is 3. The molecule has 34 heavy (non-hydrogen) atoms. The van der Waals surface area contributed by atoms with Gasteiger partial charge in [0, 0.05) is 22.5 Å². The summed E-state index contributed by atoms with van der Waals surface area (Å²) < 4.78 is 7.32. The van der Waals surface area contributed by atoms with Gasteiger partial charge >= 0.3 is 0 Å². The number of amides is 1. The van der Waals surface area contributed by atoms with Gasteiger partial charge in [0.1, 0.15) is 17.5 Å². The smallest absolute Gasteiger partial charge is 0.255 e. The maximum absolute atomic E-state index is 13.5. The molecule has 8 nitrogen and oxygen atoms in total. The van der Waals surface area contributed by atoms with Crippen molar-refractivity contribution < 1.29 is 14.6 Å². The zero-order valence-corrected chi connectivity index (χ0v) is 18.7. The minimum absolute atomic E-state index is 0.122. The van der Waals surface area contributed by atoms with Crippen molar-refractivity contribution >= 4 is 17.5 Å². The molecule has 1 unspecified atom stereocenters. The Labute approximate surface area is 196 Å². The number of nitrogens with one attached hydrogen (secondary N) is 2. The highest BCUT2D eigenvalue weighted by Crippen LogP contribution is 2.40. The summed E-state index contributed by atoms with van der Waals surface area (Å²) in [4.78, 5) is 18.2. The zero-order chi connectivity index (χ0) is 23.7. The fourth-order valence-electron chi connectivity index (χ4n) is 4.11. The van der Waals surface area contributed by atoms with Crippen LogP contribution in [0.15, 0.2) is 90.1 Å². The summed E-state index contributed by atoms with van der Waals surface area (Å²) in [6, 6.07) is 23.0. The van der Waals surface area contributed by atoms with E-state index in [2.05, 4.69) is 15.6 Å². The van der Waals surface area contributed by atoms with Gasteiger partial charge in [-0.1, -0.05) is 48.5 Å². The lowest BCUT2D eigenvalue weighted by Crippen LogP contribution is -2.31. The fraction of sp³-hybridized carbons (Fsp3) is 0.115. The number of methoxy groups -OCH3 is 1. The van der Waals surface area contributed by atoms with Gasteiger partial charge in [0.2, 0.25) is 5.95 Å². The number of aromatic hydroxyl groups is 1. The van der Waals surface area contributed by atoms with E-state index in [1.165, 1.54) is 0 Å². The van der Waals surface area contributed by atoms with Gasteiger partial charge in [0.15, 0.2) is 5.82 Å². The lowest BCUT2D eigenvalue weighted by molar-refractivity contribution is -0.113. The summed E-state index contributed by atoms with van der Waals surface area (Å²) in [7, 11) is 1.60. The summed E-state index contributed by atoms with van der Waals surface area (Å²) in [5.74, 6) is 1.41. The molecule has 4 aromatic rings. The molecule has 0 saturated carbocycles. The van der Waals surface area contributed by atoms with Crippen LogP contribution in [0.2, 0.25) is 0 Å². The number of phenolic OH excluding ortho intramolecular Hbond substituents is 1. The first-order valence-corrected chi connectivity index (χ1v) is 10.8. The maximum Gasteiger partial charge on any atom is 0.255 e. The second-order valence-corrected chi connectivity index (χ2v) is 7.88. The summed E-state index contributed by atoms with van der Waals surface area (Å²) in [6.07, 6.45) is 0. The molecule has 5 rings (SSSR count). The predicted octanol–water partition coefficient (Wildman–Crippen LogP) is 4.59. The largest absolute Gasteiger partial charge is 0.508 e. The Hall–Kier alpha value is -4.59. The summed E-state index contributed by atoms with van der Waals surface area (Å²) >= 11 is 0. The average molecular weight is 454 g/mol. The minimum atomic E-state index is -0.588. The first-order chi connectivity index (χ1) is 16.5. The molecule has 0 bridgehead atoms. The number of rotatable bonds is 5. The number of anilines is 2. The molecule has 0 spiro atoms.